The van der Waals surface area contributed by atoms with Crippen LogP contribution in [0.1, 0.15) is 58.2 Å². The highest BCUT2D eigenvalue weighted by atomic mass is 16.4. The fourth-order valence-corrected chi connectivity index (χ4v) is 1.78. The highest BCUT2D eigenvalue weighted by Crippen LogP contribution is 2.30. The van der Waals surface area contributed by atoms with Crippen LogP contribution in [0.25, 0.3) is 6.08 Å². The number of aliphatic carboxylic acids is 1. The molecule has 0 aromatic heterocycles. The third-order valence-electron chi connectivity index (χ3n) is 3.11. The van der Waals surface area contributed by atoms with Crippen molar-refractivity contribution in [1.29, 1.82) is 0 Å². The second-order valence-electron chi connectivity index (χ2n) is 7.02. The number of carbonyl (C=O) groups is 1. The zero-order valence-electron chi connectivity index (χ0n) is 12.7. The van der Waals surface area contributed by atoms with Gasteiger partial charge in [-0.1, -0.05) is 59.7 Å². The van der Waals surface area contributed by atoms with Crippen molar-refractivity contribution in [3.63, 3.8) is 0 Å². The van der Waals surface area contributed by atoms with Crippen molar-refractivity contribution in [2.24, 2.45) is 0 Å². The topological polar surface area (TPSA) is 37.3 Å². The standard InChI is InChI=1S/C17H24O2/c1-16(2,3)13-9-12(7-8-15(18)19)10-14(11-13)17(4,5)6/h7-11H,1-6H3,(H,18,19)/b8-7+. The van der Waals surface area contributed by atoms with E-state index in [0.717, 1.165) is 5.56 Å². The number of benzene rings is 1. The Kier molecular flexibility index (Phi) is 4.24. The van der Waals surface area contributed by atoms with Gasteiger partial charge in [0.05, 0.1) is 0 Å². The van der Waals surface area contributed by atoms with Crippen molar-refractivity contribution < 1.29 is 9.90 Å². The minimum absolute atomic E-state index is 0.0487. The molecule has 19 heavy (non-hydrogen) atoms. The first-order valence-electron chi connectivity index (χ1n) is 6.57. The van der Waals surface area contributed by atoms with E-state index in [4.69, 9.17) is 5.11 Å². The first kappa shape index (κ1) is 15.5. The van der Waals surface area contributed by atoms with E-state index in [1.165, 1.54) is 17.2 Å². The summed E-state index contributed by atoms with van der Waals surface area (Å²) in [4.78, 5) is 10.6. The lowest BCUT2D eigenvalue weighted by Crippen LogP contribution is -2.16. The van der Waals surface area contributed by atoms with Crippen LogP contribution >= 0.6 is 0 Å². The van der Waals surface area contributed by atoms with Crippen LogP contribution in [0.4, 0.5) is 0 Å². The largest absolute Gasteiger partial charge is 0.478 e. The predicted octanol–water partition coefficient (Wildman–Crippen LogP) is 4.38. The van der Waals surface area contributed by atoms with Gasteiger partial charge >= 0.3 is 5.97 Å². The van der Waals surface area contributed by atoms with Crippen molar-refractivity contribution >= 4 is 12.0 Å². The van der Waals surface area contributed by atoms with E-state index in [0.29, 0.717) is 0 Å². The molecule has 2 heteroatoms. The van der Waals surface area contributed by atoms with Gasteiger partial charge in [-0.05, 0) is 33.6 Å². The van der Waals surface area contributed by atoms with Gasteiger partial charge in [0.1, 0.15) is 0 Å². The number of rotatable bonds is 2. The summed E-state index contributed by atoms with van der Waals surface area (Å²) in [7, 11) is 0. The summed E-state index contributed by atoms with van der Waals surface area (Å²) in [5.41, 5.74) is 3.50. The Bertz CT molecular complexity index is 465. The Morgan fingerprint density at radius 3 is 1.68 bits per heavy atom. The zero-order chi connectivity index (χ0) is 14.8. The van der Waals surface area contributed by atoms with Gasteiger partial charge < -0.3 is 5.11 Å². The third-order valence-corrected chi connectivity index (χ3v) is 3.11. The van der Waals surface area contributed by atoms with E-state index >= 15 is 0 Å². The molecule has 1 N–H and O–H groups in total. The van der Waals surface area contributed by atoms with Crippen LogP contribution < -0.4 is 0 Å². The molecule has 104 valence electrons. The van der Waals surface area contributed by atoms with E-state index in [-0.39, 0.29) is 10.8 Å². The van der Waals surface area contributed by atoms with Crippen molar-refractivity contribution in [3.8, 4) is 0 Å². The molecule has 0 amide bonds. The summed E-state index contributed by atoms with van der Waals surface area (Å²) in [6.07, 6.45) is 2.85. The Morgan fingerprint density at radius 2 is 1.37 bits per heavy atom. The molecule has 0 aliphatic rings. The van der Waals surface area contributed by atoms with Gasteiger partial charge in [-0.15, -0.1) is 0 Å². The fraction of sp³-hybridized carbons (Fsp3) is 0.471. The molecule has 0 aliphatic heterocycles. The summed E-state index contributed by atoms with van der Waals surface area (Å²) >= 11 is 0. The van der Waals surface area contributed by atoms with Crippen LogP contribution in [0.3, 0.4) is 0 Å². The quantitative estimate of drug-likeness (QED) is 0.801. The Morgan fingerprint density at radius 1 is 0.947 bits per heavy atom. The summed E-state index contributed by atoms with van der Waals surface area (Å²) in [5, 5.41) is 8.75. The zero-order valence-corrected chi connectivity index (χ0v) is 12.7. The number of hydrogen-bond donors (Lipinski definition) is 1. The van der Waals surface area contributed by atoms with Crippen LogP contribution in [0.5, 0.6) is 0 Å². The van der Waals surface area contributed by atoms with Crippen molar-refractivity contribution in [2.75, 3.05) is 0 Å². The van der Waals surface area contributed by atoms with Crippen LogP contribution in [0.15, 0.2) is 24.3 Å². The molecule has 0 saturated carbocycles. The molecule has 1 rings (SSSR count). The van der Waals surface area contributed by atoms with Crippen LogP contribution in [0.2, 0.25) is 0 Å². The number of carboxylic acids is 1. The number of hydrogen-bond acceptors (Lipinski definition) is 1. The lowest BCUT2D eigenvalue weighted by Gasteiger charge is -2.25. The summed E-state index contributed by atoms with van der Waals surface area (Å²) in [6.45, 7) is 13.0. The lowest BCUT2D eigenvalue weighted by molar-refractivity contribution is -0.131. The Balaban J connectivity index is 3.37. The van der Waals surface area contributed by atoms with E-state index in [2.05, 4.69) is 59.7 Å². The molecular formula is C17H24O2. The van der Waals surface area contributed by atoms with Gasteiger partial charge in [0.15, 0.2) is 0 Å². The first-order chi connectivity index (χ1) is 8.50. The second kappa shape index (κ2) is 5.20. The van der Waals surface area contributed by atoms with Crippen LogP contribution in [-0.4, -0.2) is 11.1 Å². The predicted molar refractivity (Wildman–Crippen MR) is 80.5 cm³/mol. The molecule has 0 atom stereocenters. The fourth-order valence-electron chi connectivity index (χ4n) is 1.78. The van der Waals surface area contributed by atoms with E-state index in [1.54, 1.807) is 6.08 Å². The number of carboxylic acid groups (broad SMARTS) is 1. The third kappa shape index (κ3) is 4.55. The van der Waals surface area contributed by atoms with E-state index in [1.807, 2.05) is 0 Å². The monoisotopic (exact) mass is 260 g/mol. The SMILES string of the molecule is CC(C)(C)c1cc(/C=C/C(=O)O)cc(C(C)(C)C)c1. The highest BCUT2D eigenvalue weighted by molar-refractivity contribution is 5.85. The Hall–Kier alpha value is -1.57. The molecule has 0 spiro atoms. The van der Waals surface area contributed by atoms with Crippen LogP contribution in [-0.2, 0) is 15.6 Å². The molecule has 1 aromatic carbocycles. The molecule has 0 unspecified atom stereocenters. The highest BCUT2D eigenvalue weighted by Gasteiger charge is 2.19. The van der Waals surface area contributed by atoms with Crippen molar-refractivity contribution in [2.45, 2.75) is 52.4 Å². The average molecular weight is 260 g/mol. The summed E-state index contributed by atoms with van der Waals surface area (Å²) < 4.78 is 0. The molecule has 1 aromatic rings. The van der Waals surface area contributed by atoms with Crippen LogP contribution in [0, 0.1) is 0 Å². The minimum Gasteiger partial charge on any atom is -0.478 e. The van der Waals surface area contributed by atoms with Gasteiger partial charge in [-0.3, -0.25) is 0 Å². The lowest BCUT2D eigenvalue weighted by atomic mass is 9.79. The molecule has 0 fully saturated rings. The van der Waals surface area contributed by atoms with Gasteiger partial charge in [0.25, 0.3) is 0 Å². The smallest absolute Gasteiger partial charge is 0.328 e. The molecule has 0 saturated heterocycles. The van der Waals surface area contributed by atoms with Gasteiger partial charge in [0, 0.05) is 6.08 Å². The van der Waals surface area contributed by atoms with E-state index < -0.39 is 5.97 Å². The van der Waals surface area contributed by atoms with Crippen molar-refractivity contribution in [1.82, 2.24) is 0 Å². The maximum absolute atomic E-state index is 10.6. The molecule has 0 bridgehead atoms. The molecule has 0 aliphatic carbocycles. The van der Waals surface area contributed by atoms with Gasteiger partial charge in [0.2, 0.25) is 0 Å². The van der Waals surface area contributed by atoms with E-state index in [9.17, 15) is 4.79 Å². The Labute approximate surface area is 116 Å². The normalized spacial score (nSPS) is 12.9. The summed E-state index contributed by atoms with van der Waals surface area (Å²) in [6, 6.07) is 6.35. The molecule has 0 heterocycles. The molecule has 2 nitrogen and oxygen atoms in total. The molecule has 0 radical (unpaired) electrons. The van der Waals surface area contributed by atoms with Gasteiger partial charge in [-0.25, -0.2) is 4.79 Å². The second-order valence-corrected chi connectivity index (χ2v) is 7.02. The minimum atomic E-state index is -0.918. The maximum atomic E-state index is 10.6. The van der Waals surface area contributed by atoms with Crippen molar-refractivity contribution in [3.05, 3.63) is 41.0 Å². The molecular weight excluding hydrogens is 236 g/mol. The van der Waals surface area contributed by atoms with Gasteiger partial charge in [-0.2, -0.15) is 0 Å². The first-order valence-corrected chi connectivity index (χ1v) is 6.57. The maximum Gasteiger partial charge on any atom is 0.328 e. The summed E-state index contributed by atoms with van der Waals surface area (Å²) in [5.74, 6) is -0.918. The average Bonchev–Trinajstić information content (AvgIpc) is 2.23.